The van der Waals surface area contributed by atoms with Crippen LogP contribution in [-0.4, -0.2) is 26.6 Å². The third kappa shape index (κ3) is 18.0. The van der Waals surface area contributed by atoms with E-state index in [1.165, 1.54) is 57.1 Å². The third-order valence-electron chi connectivity index (χ3n) is 3.36. The summed E-state index contributed by atoms with van der Waals surface area (Å²) in [7, 11) is -0.229. The Morgan fingerprint density at radius 3 is 2.05 bits per heavy atom. The van der Waals surface area contributed by atoms with E-state index in [0.29, 0.717) is 6.61 Å². The van der Waals surface area contributed by atoms with E-state index in [0.717, 1.165) is 12.8 Å². The molecule has 0 aliphatic heterocycles. The summed E-state index contributed by atoms with van der Waals surface area (Å²) >= 11 is 11.5. The summed E-state index contributed by atoms with van der Waals surface area (Å²) < 4.78 is 4.99. The highest BCUT2D eigenvalue weighted by molar-refractivity contribution is 6.68. The first kappa shape index (κ1) is 21.0. The quantitative estimate of drug-likeness (QED) is 0.145. The van der Waals surface area contributed by atoms with Crippen molar-refractivity contribution in [2.45, 2.75) is 75.2 Å². The average Bonchev–Trinajstić information content (AvgIpc) is 2.44. The van der Waals surface area contributed by atoms with Crippen LogP contribution in [0.4, 0.5) is 0 Å². The molecule has 0 aromatic heterocycles. The number of allylic oxidation sites excluding steroid dienone is 1. The van der Waals surface area contributed by atoms with Crippen molar-refractivity contribution in [1.82, 2.24) is 0 Å². The molecule has 0 saturated heterocycles. The van der Waals surface area contributed by atoms with Crippen LogP contribution in [0, 0.1) is 0 Å². The Morgan fingerprint density at radius 2 is 1.52 bits per heavy atom. The van der Waals surface area contributed by atoms with Gasteiger partial charge < -0.3 is 4.74 Å². The van der Waals surface area contributed by atoms with Crippen LogP contribution in [0.5, 0.6) is 0 Å². The van der Waals surface area contributed by atoms with Crippen LogP contribution in [0.15, 0.2) is 12.2 Å². The van der Waals surface area contributed by atoms with Crippen molar-refractivity contribution in [3.05, 3.63) is 12.2 Å². The largest absolute Gasteiger partial charge is 0.463 e. The second-order valence-corrected chi connectivity index (χ2v) is 9.80. The van der Waals surface area contributed by atoms with Crippen molar-refractivity contribution in [3.8, 4) is 0 Å². The van der Waals surface area contributed by atoms with Gasteiger partial charge in [-0.05, 0) is 13.3 Å². The van der Waals surface area contributed by atoms with Gasteiger partial charge in [-0.25, -0.2) is 4.79 Å². The van der Waals surface area contributed by atoms with E-state index in [1.807, 2.05) is 6.92 Å². The fourth-order valence-electron chi connectivity index (χ4n) is 2.17. The lowest BCUT2D eigenvalue weighted by Crippen LogP contribution is -2.01. The van der Waals surface area contributed by atoms with Gasteiger partial charge in [-0.1, -0.05) is 63.5 Å². The molecule has 0 heterocycles. The Labute approximate surface area is 142 Å². The Kier molecular flexibility index (Phi) is 16.4. The van der Waals surface area contributed by atoms with Gasteiger partial charge in [0.05, 0.1) is 20.6 Å². The topological polar surface area (TPSA) is 26.3 Å². The van der Waals surface area contributed by atoms with Crippen LogP contribution in [0.25, 0.3) is 0 Å². The van der Waals surface area contributed by atoms with Crippen molar-refractivity contribution >= 4 is 38.7 Å². The molecule has 0 unspecified atom stereocenters. The average molecular weight is 353 g/mol. The number of carbonyl (C=O) groups is 1. The number of carbonyl (C=O) groups excluding carboxylic acids is 1. The molecule has 21 heavy (non-hydrogen) atoms. The highest BCUT2D eigenvalue weighted by Crippen LogP contribution is 2.12. The molecule has 0 rings (SSSR count). The molecule has 124 valence electrons. The van der Waals surface area contributed by atoms with Crippen LogP contribution in [0.3, 0.4) is 0 Å². The molecule has 0 bridgehead atoms. The number of esters is 1. The molecular formula is C16H30Cl2O2Si. The molecule has 0 aliphatic rings. The molecule has 0 saturated carbocycles. The Hall–Kier alpha value is 0.00688. The van der Waals surface area contributed by atoms with E-state index in [4.69, 9.17) is 27.9 Å². The van der Waals surface area contributed by atoms with E-state index in [-0.39, 0.29) is 19.9 Å². The van der Waals surface area contributed by atoms with Crippen molar-refractivity contribution in [3.63, 3.8) is 0 Å². The lowest BCUT2D eigenvalue weighted by molar-refractivity contribution is -0.137. The Morgan fingerprint density at radius 1 is 1.00 bits per heavy atom. The summed E-state index contributed by atoms with van der Waals surface area (Å²) in [5, 5.41) is 0. The van der Waals surface area contributed by atoms with Gasteiger partial charge >= 0.3 is 5.97 Å². The lowest BCUT2D eigenvalue weighted by Gasteiger charge is -2.03. The molecule has 0 N–H and O–H groups in total. The predicted molar refractivity (Wildman–Crippen MR) is 96.2 cm³/mol. The van der Waals surface area contributed by atoms with Gasteiger partial charge in [-0.15, -0.1) is 23.2 Å². The fraction of sp³-hybridized carbons (Fsp3) is 0.812. The second-order valence-electron chi connectivity index (χ2n) is 5.38. The summed E-state index contributed by atoms with van der Waals surface area (Å²) in [4.78, 5) is 11.0. The van der Waals surface area contributed by atoms with Gasteiger partial charge in [0.15, 0.2) is 0 Å². The molecular weight excluding hydrogens is 323 g/mol. The number of hydrogen-bond donors (Lipinski definition) is 0. The number of halogens is 2. The van der Waals surface area contributed by atoms with Crippen molar-refractivity contribution in [2.24, 2.45) is 0 Å². The van der Waals surface area contributed by atoms with Gasteiger partial charge in [0.2, 0.25) is 0 Å². The predicted octanol–water partition coefficient (Wildman–Crippen LogP) is 4.96. The molecule has 0 fully saturated rings. The van der Waals surface area contributed by atoms with E-state index < -0.39 is 0 Å². The molecule has 0 atom stereocenters. The molecule has 5 heteroatoms. The standard InChI is InChI=1S/C16H30Cl2O2Si/c1-2-12-15(19)20-13-10-8-6-4-3-5-7-9-11-14-21-16(17)18/h2,12,16H,3-11,13-14,21H2,1H3. The maximum atomic E-state index is 11.0. The maximum Gasteiger partial charge on any atom is 0.330 e. The zero-order valence-electron chi connectivity index (χ0n) is 13.3. The van der Waals surface area contributed by atoms with Crippen molar-refractivity contribution in [1.29, 1.82) is 0 Å². The minimum atomic E-state index is -0.229. The molecule has 0 spiro atoms. The van der Waals surface area contributed by atoms with Crippen LogP contribution in [0.1, 0.15) is 64.7 Å². The minimum absolute atomic E-state index is 0.0535. The highest BCUT2D eigenvalue weighted by atomic mass is 35.5. The summed E-state index contributed by atoms with van der Waals surface area (Å²) in [6.07, 6.45) is 14.5. The first-order valence-electron chi connectivity index (χ1n) is 8.24. The van der Waals surface area contributed by atoms with Crippen molar-refractivity contribution < 1.29 is 9.53 Å². The SMILES string of the molecule is CC=CC(=O)OCCCCCCCCCCC[SiH2]C(Cl)Cl. The van der Waals surface area contributed by atoms with Gasteiger partial charge in [0.25, 0.3) is 0 Å². The van der Waals surface area contributed by atoms with Gasteiger partial charge in [-0.2, -0.15) is 0 Å². The molecule has 0 aromatic rings. The summed E-state index contributed by atoms with van der Waals surface area (Å²) in [5.41, 5.74) is 0. The molecule has 2 nitrogen and oxygen atoms in total. The fourth-order valence-corrected chi connectivity index (χ4v) is 4.05. The summed E-state index contributed by atoms with van der Waals surface area (Å²) in [6.45, 7) is 2.37. The highest BCUT2D eigenvalue weighted by Gasteiger charge is 1.99. The van der Waals surface area contributed by atoms with Gasteiger partial charge in [-0.3, -0.25) is 0 Å². The van der Waals surface area contributed by atoms with Gasteiger partial charge in [0, 0.05) is 6.08 Å². The van der Waals surface area contributed by atoms with Crippen LogP contribution < -0.4 is 0 Å². The number of ether oxygens (including phenoxy) is 1. The van der Waals surface area contributed by atoms with E-state index in [9.17, 15) is 4.79 Å². The van der Waals surface area contributed by atoms with E-state index in [1.54, 1.807) is 6.08 Å². The Balaban J connectivity index is 3.07. The normalized spacial score (nSPS) is 12.0. The number of hydrogen-bond acceptors (Lipinski definition) is 2. The monoisotopic (exact) mass is 352 g/mol. The zero-order valence-corrected chi connectivity index (χ0v) is 16.2. The van der Waals surface area contributed by atoms with E-state index in [2.05, 4.69) is 0 Å². The summed E-state index contributed by atoms with van der Waals surface area (Å²) in [6, 6.07) is 1.28. The lowest BCUT2D eigenvalue weighted by atomic mass is 10.1. The van der Waals surface area contributed by atoms with E-state index >= 15 is 0 Å². The first-order chi connectivity index (χ1) is 10.2. The molecule has 0 amide bonds. The smallest absolute Gasteiger partial charge is 0.330 e. The second kappa shape index (κ2) is 16.4. The minimum Gasteiger partial charge on any atom is -0.463 e. The number of rotatable bonds is 14. The van der Waals surface area contributed by atoms with Crippen LogP contribution in [-0.2, 0) is 9.53 Å². The molecule has 0 aliphatic carbocycles. The third-order valence-corrected chi connectivity index (χ3v) is 6.02. The van der Waals surface area contributed by atoms with Crippen molar-refractivity contribution in [2.75, 3.05) is 6.61 Å². The van der Waals surface area contributed by atoms with Gasteiger partial charge in [0.1, 0.15) is 0 Å². The van der Waals surface area contributed by atoms with Crippen LogP contribution in [0.2, 0.25) is 6.04 Å². The molecule has 0 aromatic carbocycles. The maximum absolute atomic E-state index is 11.0. The molecule has 0 radical (unpaired) electrons. The number of unbranched alkanes of at least 4 members (excludes halogenated alkanes) is 8. The van der Waals surface area contributed by atoms with Crippen LogP contribution >= 0.6 is 23.2 Å². The Bertz CT molecular complexity index is 271. The number of alkyl halides is 2. The first-order valence-corrected chi connectivity index (χ1v) is 10.9. The zero-order chi connectivity index (χ0) is 15.8. The summed E-state index contributed by atoms with van der Waals surface area (Å²) in [5.74, 6) is -0.227.